The summed E-state index contributed by atoms with van der Waals surface area (Å²) in [4.78, 5) is 11.3. The third kappa shape index (κ3) is 2.75. The van der Waals surface area contributed by atoms with Gasteiger partial charge in [-0.2, -0.15) is 5.26 Å². The minimum absolute atomic E-state index is 0.0120. The Labute approximate surface area is 77.2 Å². The Morgan fingerprint density at radius 1 is 1.62 bits per heavy atom. The van der Waals surface area contributed by atoms with Gasteiger partial charge in [0.15, 0.2) is 0 Å². The molecule has 1 rings (SSSR count). The molecule has 0 aliphatic carbocycles. The van der Waals surface area contributed by atoms with Crippen molar-refractivity contribution in [3.8, 4) is 6.07 Å². The van der Waals surface area contributed by atoms with Crippen molar-refractivity contribution in [1.82, 2.24) is 4.57 Å². The van der Waals surface area contributed by atoms with Crippen LogP contribution < -0.4 is 5.56 Å². The van der Waals surface area contributed by atoms with Crippen LogP contribution in [-0.4, -0.2) is 4.57 Å². The first-order valence-corrected chi connectivity index (χ1v) is 4.28. The second kappa shape index (κ2) is 4.46. The second-order valence-electron chi connectivity index (χ2n) is 3.00. The topological polar surface area (TPSA) is 45.8 Å². The molecule has 3 heteroatoms. The van der Waals surface area contributed by atoms with Gasteiger partial charge >= 0.3 is 0 Å². The molecule has 0 aliphatic heterocycles. The third-order valence-corrected chi connectivity index (χ3v) is 1.84. The first kappa shape index (κ1) is 9.53. The smallest absolute Gasteiger partial charge is 0.250 e. The zero-order chi connectivity index (χ0) is 9.68. The van der Waals surface area contributed by atoms with Crippen molar-refractivity contribution in [2.24, 2.45) is 0 Å². The van der Waals surface area contributed by atoms with Gasteiger partial charge in [-0.15, -0.1) is 0 Å². The van der Waals surface area contributed by atoms with Gasteiger partial charge in [0, 0.05) is 25.2 Å². The Bertz CT molecular complexity index is 373. The Morgan fingerprint density at radius 3 is 3.00 bits per heavy atom. The normalized spacial score (nSPS) is 9.54. The van der Waals surface area contributed by atoms with Gasteiger partial charge in [0.1, 0.15) is 0 Å². The maximum atomic E-state index is 11.3. The summed E-state index contributed by atoms with van der Waals surface area (Å²) in [7, 11) is 0. The minimum atomic E-state index is 0.0120. The highest BCUT2D eigenvalue weighted by atomic mass is 16.1. The predicted molar refractivity (Wildman–Crippen MR) is 50.3 cm³/mol. The molecule has 0 N–H and O–H groups in total. The lowest BCUT2D eigenvalue weighted by molar-refractivity contribution is 0.631. The quantitative estimate of drug-likeness (QED) is 0.654. The second-order valence-corrected chi connectivity index (χ2v) is 3.00. The zero-order valence-electron chi connectivity index (χ0n) is 7.66. The van der Waals surface area contributed by atoms with Crippen LogP contribution in [0, 0.1) is 18.3 Å². The van der Waals surface area contributed by atoms with Crippen LogP contribution in [0.1, 0.15) is 18.4 Å². The Kier molecular flexibility index (Phi) is 3.27. The summed E-state index contributed by atoms with van der Waals surface area (Å²) in [6, 6.07) is 5.55. The molecule has 0 spiro atoms. The summed E-state index contributed by atoms with van der Waals surface area (Å²) in [5.41, 5.74) is 0.986. The van der Waals surface area contributed by atoms with Crippen molar-refractivity contribution in [3.05, 3.63) is 34.2 Å². The molecular weight excluding hydrogens is 164 g/mol. The maximum absolute atomic E-state index is 11.3. The van der Waals surface area contributed by atoms with Crippen molar-refractivity contribution >= 4 is 0 Å². The van der Waals surface area contributed by atoms with E-state index in [0.29, 0.717) is 13.0 Å². The van der Waals surface area contributed by atoms with Gasteiger partial charge in [0.2, 0.25) is 0 Å². The van der Waals surface area contributed by atoms with Crippen molar-refractivity contribution in [3.63, 3.8) is 0 Å². The van der Waals surface area contributed by atoms with Crippen molar-refractivity contribution in [2.75, 3.05) is 0 Å². The van der Waals surface area contributed by atoms with Gasteiger partial charge in [-0.05, 0) is 25.0 Å². The molecule has 0 amide bonds. The fourth-order valence-corrected chi connectivity index (χ4v) is 1.12. The summed E-state index contributed by atoms with van der Waals surface area (Å²) < 4.78 is 1.63. The van der Waals surface area contributed by atoms with Gasteiger partial charge < -0.3 is 4.57 Å². The van der Waals surface area contributed by atoms with Crippen LogP contribution in [0.15, 0.2) is 23.1 Å². The van der Waals surface area contributed by atoms with Crippen LogP contribution in [0.2, 0.25) is 0 Å². The number of unbranched alkanes of at least 4 members (excludes halogenated alkanes) is 1. The molecular formula is C10H12N2O. The molecule has 0 atom stereocenters. The van der Waals surface area contributed by atoms with Crippen molar-refractivity contribution < 1.29 is 0 Å². The number of hydrogen-bond donors (Lipinski definition) is 0. The van der Waals surface area contributed by atoms with Gasteiger partial charge in [0.25, 0.3) is 5.56 Å². The van der Waals surface area contributed by atoms with E-state index in [1.54, 1.807) is 16.8 Å². The maximum Gasteiger partial charge on any atom is 0.250 e. The average Bonchev–Trinajstić information content (AvgIpc) is 2.09. The van der Waals surface area contributed by atoms with Crippen LogP contribution in [-0.2, 0) is 6.54 Å². The monoisotopic (exact) mass is 176 g/mol. The molecule has 0 fully saturated rings. The molecule has 0 bridgehead atoms. The third-order valence-electron chi connectivity index (χ3n) is 1.84. The number of aryl methyl sites for hydroxylation is 2. The number of aromatic nitrogens is 1. The van der Waals surface area contributed by atoms with Gasteiger partial charge in [-0.1, -0.05) is 0 Å². The van der Waals surface area contributed by atoms with Crippen LogP contribution in [0.3, 0.4) is 0 Å². The van der Waals surface area contributed by atoms with E-state index >= 15 is 0 Å². The van der Waals surface area contributed by atoms with Gasteiger partial charge in [-0.25, -0.2) is 0 Å². The number of hydrogen-bond acceptors (Lipinski definition) is 2. The van der Waals surface area contributed by atoms with Crippen LogP contribution in [0.25, 0.3) is 0 Å². The van der Waals surface area contributed by atoms with Gasteiger partial charge in [0.05, 0.1) is 6.07 Å². The highest BCUT2D eigenvalue weighted by Crippen LogP contribution is 1.94. The highest BCUT2D eigenvalue weighted by molar-refractivity contribution is 5.07. The lowest BCUT2D eigenvalue weighted by atomic mass is 10.3. The number of rotatable bonds is 3. The lowest BCUT2D eigenvalue weighted by Crippen LogP contribution is -2.18. The van der Waals surface area contributed by atoms with E-state index in [0.717, 1.165) is 12.0 Å². The SMILES string of the molecule is Cc1ccn(CCCC#N)c(=O)c1. The van der Waals surface area contributed by atoms with Crippen molar-refractivity contribution in [2.45, 2.75) is 26.3 Å². The molecule has 3 nitrogen and oxygen atoms in total. The molecule has 0 saturated heterocycles. The summed E-state index contributed by atoms with van der Waals surface area (Å²) >= 11 is 0. The summed E-state index contributed by atoms with van der Waals surface area (Å²) in [6.07, 6.45) is 3.01. The molecule has 0 radical (unpaired) electrons. The van der Waals surface area contributed by atoms with E-state index in [9.17, 15) is 4.79 Å². The standard InChI is InChI=1S/C10H12N2O/c1-9-4-7-12(10(13)8-9)6-3-2-5-11/h4,7-8H,2-3,6H2,1H3. The molecule has 1 heterocycles. The molecule has 13 heavy (non-hydrogen) atoms. The van der Waals surface area contributed by atoms with Gasteiger partial charge in [-0.3, -0.25) is 4.79 Å². The minimum Gasteiger partial charge on any atom is -0.315 e. The molecule has 1 aromatic rings. The van der Waals surface area contributed by atoms with Crippen LogP contribution >= 0.6 is 0 Å². The van der Waals surface area contributed by atoms with E-state index in [1.165, 1.54) is 0 Å². The van der Waals surface area contributed by atoms with E-state index in [4.69, 9.17) is 5.26 Å². The van der Waals surface area contributed by atoms with E-state index in [2.05, 4.69) is 6.07 Å². The summed E-state index contributed by atoms with van der Waals surface area (Å²) in [6.45, 7) is 2.52. The number of nitrogens with zero attached hydrogens (tertiary/aromatic N) is 2. The summed E-state index contributed by atoms with van der Waals surface area (Å²) in [5, 5.41) is 8.32. The molecule has 68 valence electrons. The van der Waals surface area contributed by atoms with E-state index in [-0.39, 0.29) is 5.56 Å². The molecule has 0 saturated carbocycles. The Morgan fingerprint density at radius 2 is 2.38 bits per heavy atom. The van der Waals surface area contributed by atoms with Crippen molar-refractivity contribution in [1.29, 1.82) is 5.26 Å². The average molecular weight is 176 g/mol. The fourth-order valence-electron chi connectivity index (χ4n) is 1.12. The first-order valence-electron chi connectivity index (χ1n) is 4.28. The largest absolute Gasteiger partial charge is 0.315 e. The predicted octanol–water partition coefficient (Wildman–Crippen LogP) is 1.46. The zero-order valence-corrected chi connectivity index (χ0v) is 7.66. The highest BCUT2D eigenvalue weighted by Gasteiger charge is 1.94. The molecule has 1 aromatic heterocycles. The first-order chi connectivity index (χ1) is 6.24. The fraction of sp³-hybridized carbons (Fsp3) is 0.400. The lowest BCUT2D eigenvalue weighted by Gasteiger charge is -2.02. The molecule has 0 aromatic carbocycles. The molecule has 0 aliphatic rings. The van der Waals surface area contributed by atoms with E-state index in [1.807, 2.05) is 13.0 Å². The van der Waals surface area contributed by atoms with E-state index < -0.39 is 0 Å². The molecule has 0 unspecified atom stereocenters. The number of nitriles is 1. The number of pyridine rings is 1. The summed E-state index contributed by atoms with van der Waals surface area (Å²) in [5.74, 6) is 0. The Hall–Kier alpha value is -1.56. The Balaban J connectivity index is 2.68. The van der Waals surface area contributed by atoms with Crippen LogP contribution in [0.5, 0.6) is 0 Å². The van der Waals surface area contributed by atoms with Crippen LogP contribution in [0.4, 0.5) is 0 Å².